The second-order valence-electron chi connectivity index (χ2n) is 11.8. The molecule has 4 bridgehead atoms. The Kier molecular flexibility index (Phi) is 8.82. The number of carbonyl (C=O) groups excluding carboxylic acids is 2. The van der Waals surface area contributed by atoms with Gasteiger partial charge in [0, 0.05) is 37.0 Å². The molecule has 10 heteroatoms. The lowest BCUT2D eigenvalue weighted by Gasteiger charge is -2.36. The molecule has 0 saturated carbocycles. The van der Waals surface area contributed by atoms with Gasteiger partial charge in [0.25, 0.3) is 5.91 Å². The summed E-state index contributed by atoms with van der Waals surface area (Å²) < 4.78 is 19.5. The number of aryl methyl sites for hydroxylation is 1. The summed E-state index contributed by atoms with van der Waals surface area (Å²) in [6, 6.07) is 9.38. The number of para-hydroxylation sites is 1. The predicted molar refractivity (Wildman–Crippen MR) is 160 cm³/mol. The summed E-state index contributed by atoms with van der Waals surface area (Å²) in [7, 11) is 0. The molecular weight excluding hydrogens is 534 g/mol. The first-order chi connectivity index (χ1) is 20.1. The van der Waals surface area contributed by atoms with Crippen molar-refractivity contribution in [2.45, 2.75) is 72.1 Å². The number of ether oxygens (including phenoxy) is 3. The van der Waals surface area contributed by atoms with Gasteiger partial charge in [-0.3, -0.25) is 4.79 Å². The van der Waals surface area contributed by atoms with Crippen molar-refractivity contribution >= 4 is 23.3 Å². The number of esters is 1. The predicted octanol–water partition coefficient (Wildman–Crippen LogP) is 4.94. The lowest BCUT2D eigenvalue weighted by molar-refractivity contribution is -0.166. The van der Waals surface area contributed by atoms with Crippen LogP contribution in [0.4, 0.5) is 5.82 Å². The van der Waals surface area contributed by atoms with E-state index < -0.39 is 17.7 Å². The van der Waals surface area contributed by atoms with E-state index in [1.54, 1.807) is 17.5 Å². The normalized spacial score (nSPS) is 17.4. The molecule has 0 unspecified atom stereocenters. The highest BCUT2D eigenvalue weighted by Crippen LogP contribution is 2.37. The van der Waals surface area contributed by atoms with E-state index >= 15 is 0 Å². The zero-order chi connectivity index (χ0) is 29.9. The Morgan fingerprint density at radius 3 is 2.69 bits per heavy atom. The fourth-order valence-corrected chi connectivity index (χ4v) is 5.57. The monoisotopic (exact) mass is 575 g/mol. The molecule has 1 N–H and O–H groups in total. The molecule has 1 aromatic carbocycles. The van der Waals surface area contributed by atoms with E-state index in [9.17, 15) is 9.59 Å². The number of benzene rings is 1. The van der Waals surface area contributed by atoms with Crippen LogP contribution in [0.2, 0.25) is 0 Å². The summed E-state index contributed by atoms with van der Waals surface area (Å²) in [5.41, 5.74) is 2.26. The number of piperidine rings is 1. The third kappa shape index (κ3) is 6.59. The summed E-state index contributed by atoms with van der Waals surface area (Å²) in [6.07, 6.45) is 6.16. The molecule has 1 fully saturated rings. The van der Waals surface area contributed by atoms with Crippen molar-refractivity contribution in [1.29, 1.82) is 0 Å². The topological polar surface area (TPSA) is 107 Å². The molecule has 3 aliphatic heterocycles. The zero-order valence-electron chi connectivity index (χ0n) is 25.2. The van der Waals surface area contributed by atoms with Crippen LogP contribution in [-0.2, 0) is 20.8 Å². The molecule has 3 aromatic rings. The molecule has 3 aliphatic rings. The zero-order valence-corrected chi connectivity index (χ0v) is 25.2. The highest BCUT2D eigenvalue weighted by molar-refractivity contribution is 5.93. The average molecular weight is 576 g/mol. The number of allylic oxidation sites excluding steroid dienone is 1. The lowest BCUT2D eigenvalue weighted by Crippen LogP contribution is -2.38. The van der Waals surface area contributed by atoms with Crippen LogP contribution in [0.1, 0.15) is 80.4 Å². The average Bonchev–Trinajstić information content (AvgIpc) is 3.38. The van der Waals surface area contributed by atoms with E-state index in [1.807, 2.05) is 52.0 Å². The molecule has 1 amide bonds. The molecule has 0 aliphatic carbocycles. The second kappa shape index (κ2) is 12.5. The number of carbonyl (C=O) groups is 2. The van der Waals surface area contributed by atoms with E-state index in [1.165, 1.54) is 0 Å². The van der Waals surface area contributed by atoms with Crippen LogP contribution < -0.4 is 15.0 Å². The third-order valence-electron chi connectivity index (χ3n) is 7.57. The van der Waals surface area contributed by atoms with Gasteiger partial charge >= 0.3 is 5.97 Å². The van der Waals surface area contributed by atoms with E-state index in [0.29, 0.717) is 35.2 Å². The molecule has 2 aromatic heterocycles. The summed E-state index contributed by atoms with van der Waals surface area (Å²) in [5.74, 6) is 1.18. The Morgan fingerprint density at radius 2 is 1.95 bits per heavy atom. The van der Waals surface area contributed by atoms with Crippen LogP contribution >= 0.6 is 0 Å². The number of hydrogen-bond donors (Lipinski definition) is 1. The number of fused-ring (bicyclic) bond motifs is 7. The Morgan fingerprint density at radius 1 is 1.19 bits per heavy atom. The summed E-state index contributed by atoms with van der Waals surface area (Å²) in [6.45, 7) is 11.9. The molecular formula is C32H41N5O5. The van der Waals surface area contributed by atoms with Crippen LogP contribution in [-0.4, -0.2) is 58.4 Å². The van der Waals surface area contributed by atoms with Crippen LogP contribution in [0, 0.1) is 12.8 Å². The lowest BCUT2D eigenvalue weighted by atomic mass is 9.93. The molecule has 6 rings (SSSR count). The smallest absolute Gasteiger partial charge is 0.340 e. The maximum absolute atomic E-state index is 13.4. The van der Waals surface area contributed by atoms with Crippen molar-refractivity contribution in [1.82, 2.24) is 19.9 Å². The van der Waals surface area contributed by atoms with E-state index in [-0.39, 0.29) is 24.8 Å². The van der Waals surface area contributed by atoms with Crippen molar-refractivity contribution in [3.63, 3.8) is 0 Å². The van der Waals surface area contributed by atoms with Crippen LogP contribution in [0.25, 0.3) is 5.65 Å². The van der Waals surface area contributed by atoms with Gasteiger partial charge in [-0.1, -0.05) is 30.4 Å². The summed E-state index contributed by atoms with van der Waals surface area (Å²) >= 11 is 0. The van der Waals surface area contributed by atoms with Gasteiger partial charge in [-0.05, 0) is 65.9 Å². The molecule has 42 heavy (non-hydrogen) atoms. The molecule has 1 atom stereocenters. The molecule has 224 valence electrons. The number of anilines is 1. The summed E-state index contributed by atoms with van der Waals surface area (Å²) in [5, 5.41) is 7.72. The Hall–Kier alpha value is -3.92. The van der Waals surface area contributed by atoms with E-state index in [4.69, 9.17) is 24.3 Å². The summed E-state index contributed by atoms with van der Waals surface area (Å²) in [4.78, 5) is 33.8. The second-order valence-corrected chi connectivity index (χ2v) is 11.8. The Balaban J connectivity index is 1.62. The van der Waals surface area contributed by atoms with Gasteiger partial charge in [0.2, 0.25) is 0 Å². The number of amides is 1. The maximum Gasteiger partial charge on any atom is 0.340 e. The van der Waals surface area contributed by atoms with Gasteiger partial charge in [0.1, 0.15) is 18.2 Å². The molecule has 5 heterocycles. The van der Waals surface area contributed by atoms with Crippen molar-refractivity contribution < 1.29 is 23.8 Å². The minimum Gasteiger partial charge on any atom is -0.489 e. The van der Waals surface area contributed by atoms with Crippen LogP contribution in [0.15, 0.2) is 42.5 Å². The van der Waals surface area contributed by atoms with Gasteiger partial charge in [0.05, 0.1) is 17.8 Å². The van der Waals surface area contributed by atoms with Gasteiger partial charge in [-0.15, -0.1) is 0 Å². The molecule has 0 radical (unpaired) electrons. The number of nitrogens with one attached hydrogen (secondary N) is 1. The number of rotatable bonds is 4. The standard InChI is InChI=1S/C32H41N5O5/c1-6-40-31(39)28(42-32(3,4)5)27-21(2)34-26-19-24-29(38)33-20-23-12-7-8-13-25(23)41-18-10-9-11-22-14-16-36(17-15-22)30(27)37(26)35-24/h7-10,12-13,19,22,28H,6,11,14-18,20H2,1-5H3,(H,33,38)/t28-/m0/s1. The van der Waals surface area contributed by atoms with Crippen molar-refractivity contribution in [2.24, 2.45) is 5.92 Å². The maximum atomic E-state index is 13.4. The largest absolute Gasteiger partial charge is 0.489 e. The first kappa shape index (κ1) is 29.6. The van der Waals surface area contributed by atoms with Crippen molar-refractivity contribution in [2.75, 3.05) is 31.2 Å². The highest BCUT2D eigenvalue weighted by Gasteiger charge is 2.36. The first-order valence-corrected chi connectivity index (χ1v) is 14.8. The minimum atomic E-state index is -1.01. The minimum absolute atomic E-state index is 0.228. The quantitative estimate of drug-likeness (QED) is 0.344. The molecule has 10 nitrogen and oxygen atoms in total. The van der Waals surface area contributed by atoms with Crippen molar-refractivity contribution in [3.05, 3.63) is 65.0 Å². The highest BCUT2D eigenvalue weighted by atomic mass is 16.6. The van der Waals surface area contributed by atoms with E-state index in [0.717, 1.165) is 43.7 Å². The number of aromatic nitrogens is 3. The fraction of sp³-hybridized carbons (Fsp3) is 0.500. The van der Waals surface area contributed by atoms with E-state index in [2.05, 4.69) is 22.4 Å². The SMILES string of the molecule is CCOC(=O)[C@@H](OC(C)(C)C)c1c(C)nc2cc3nn2c1N1CCC(CC=CCOc2ccccc2CNC3=O)CC1. The Labute approximate surface area is 247 Å². The number of nitrogens with zero attached hydrogens (tertiary/aromatic N) is 4. The fourth-order valence-electron chi connectivity index (χ4n) is 5.57. The first-order valence-electron chi connectivity index (χ1n) is 14.8. The molecule has 1 saturated heterocycles. The Bertz CT molecular complexity index is 1470. The number of hydrogen-bond acceptors (Lipinski definition) is 8. The third-order valence-corrected chi connectivity index (χ3v) is 7.57. The van der Waals surface area contributed by atoms with Crippen LogP contribution in [0.5, 0.6) is 5.75 Å². The van der Waals surface area contributed by atoms with Gasteiger partial charge in [0.15, 0.2) is 17.4 Å². The van der Waals surface area contributed by atoms with Gasteiger partial charge < -0.3 is 24.4 Å². The van der Waals surface area contributed by atoms with Crippen molar-refractivity contribution in [3.8, 4) is 5.75 Å². The van der Waals surface area contributed by atoms with Gasteiger partial charge in [-0.25, -0.2) is 9.78 Å². The van der Waals surface area contributed by atoms with Crippen LogP contribution in [0.3, 0.4) is 0 Å². The molecule has 0 spiro atoms. The van der Waals surface area contributed by atoms with Gasteiger partial charge in [-0.2, -0.15) is 9.61 Å².